The molecule has 1 rings (SSSR count). The van der Waals surface area contributed by atoms with Gasteiger partial charge in [0.2, 0.25) is 0 Å². The Hall–Kier alpha value is -0.100. The molecule has 0 aliphatic carbocycles. The van der Waals surface area contributed by atoms with Crippen molar-refractivity contribution in [3.8, 4) is 0 Å². The van der Waals surface area contributed by atoms with Crippen LogP contribution in [0.5, 0.6) is 0 Å². The fourth-order valence-electron chi connectivity index (χ4n) is 0.668. The van der Waals surface area contributed by atoms with E-state index in [1.807, 2.05) is 6.07 Å². The molecule has 2 nitrogen and oxygen atoms in total. The van der Waals surface area contributed by atoms with Crippen LogP contribution in [0.25, 0.3) is 0 Å². The highest BCUT2D eigenvalue weighted by Gasteiger charge is 2.08. The van der Waals surface area contributed by atoms with Gasteiger partial charge >= 0.3 is 5.97 Å². The van der Waals surface area contributed by atoms with Crippen molar-refractivity contribution in [3.05, 3.63) is 34.3 Å². The molecule has 0 N–H and O–H groups in total. The molecule has 0 radical (unpaired) electrons. The van der Waals surface area contributed by atoms with E-state index in [0.29, 0.717) is 5.56 Å². The molecule has 0 atom stereocenters. The Kier molecular flexibility index (Phi) is 3.32. The Bertz CT molecular complexity index is 275. The standard InChI is InChI=1S/C7H4BrIO2/c8-6-4-2-1-3-5(6)7(10)11-9/h1-4H. The second-order valence-corrected chi connectivity index (χ2v) is 3.14. The Balaban J connectivity index is 3.03. The van der Waals surface area contributed by atoms with Crippen LogP contribution in [0.4, 0.5) is 0 Å². The molecule has 1 aromatic rings. The van der Waals surface area contributed by atoms with E-state index in [2.05, 4.69) is 19.0 Å². The van der Waals surface area contributed by atoms with E-state index in [-0.39, 0.29) is 5.97 Å². The van der Waals surface area contributed by atoms with Crippen LogP contribution in [0.2, 0.25) is 0 Å². The SMILES string of the molecule is O=C(OI)c1ccccc1Br. The first-order valence-electron chi connectivity index (χ1n) is 2.83. The zero-order valence-electron chi connectivity index (χ0n) is 5.38. The number of carbonyl (C=O) groups excluding carboxylic acids is 1. The summed E-state index contributed by atoms with van der Waals surface area (Å²) >= 11 is 4.80. The number of carbonyl (C=O) groups is 1. The van der Waals surface area contributed by atoms with Gasteiger partial charge in [0.05, 0.1) is 5.56 Å². The third kappa shape index (κ3) is 2.16. The number of halogens is 2. The lowest BCUT2D eigenvalue weighted by atomic mass is 10.2. The van der Waals surface area contributed by atoms with Crippen LogP contribution in [-0.2, 0) is 3.07 Å². The Labute approximate surface area is 86.8 Å². The summed E-state index contributed by atoms with van der Waals surface area (Å²) in [4.78, 5) is 11.0. The molecule has 0 spiro atoms. The molecule has 11 heavy (non-hydrogen) atoms. The first kappa shape index (κ1) is 8.99. The van der Waals surface area contributed by atoms with Crippen molar-refractivity contribution >= 4 is 44.9 Å². The highest BCUT2D eigenvalue weighted by Crippen LogP contribution is 2.17. The van der Waals surface area contributed by atoms with E-state index in [9.17, 15) is 4.79 Å². The van der Waals surface area contributed by atoms with Crippen LogP contribution >= 0.6 is 38.9 Å². The summed E-state index contributed by atoms with van der Waals surface area (Å²) in [6, 6.07) is 7.12. The summed E-state index contributed by atoms with van der Waals surface area (Å²) in [5.74, 6) is -0.335. The number of hydrogen-bond donors (Lipinski definition) is 0. The van der Waals surface area contributed by atoms with Gasteiger partial charge < -0.3 is 3.07 Å². The Morgan fingerprint density at radius 3 is 2.64 bits per heavy atom. The van der Waals surface area contributed by atoms with E-state index in [4.69, 9.17) is 0 Å². The Morgan fingerprint density at radius 2 is 2.09 bits per heavy atom. The van der Waals surface area contributed by atoms with Gasteiger partial charge in [-0.15, -0.1) is 0 Å². The van der Waals surface area contributed by atoms with Gasteiger partial charge in [-0.1, -0.05) is 12.1 Å². The van der Waals surface area contributed by atoms with Gasteiger partial charge in [0.15, 0.2) is 23.0 Å². The maximum atomic E-state index is 11.0. The largest absolute Gasteiger partial charge is 0.391 e. The van der Waals surface area contributed by atoms with Gasteiger partial charge in [-0.2, -0.15) is 0 Å². The summed E-state index contributed by atoms with van der Waals surface area (Å²) in [6.07, 6.45) is 0. The minimum atomic E-state index is -0.335. The molecule has 0 bridgehead atoms. The first-order chi connectivity index (χ1) is 5.25. The van der Waals surface area contributed by atoms with Crippen molar-refractivity contribution in [2.24, 2.45) is 0 Å². The van der Waals surface area contributed by atoms with E-state index in [0.717, 1.165) is 4.47 Å². The molecule has 0 unspecified atom stereocenters. The molecule has 0 amide bonds. The third-order valence-electron chi connectivity index (χ3n) is 1.16. The van der Waals surface area contributed by atoms with Gasteiger partial charge in [-0.05, 0) is 28.1 Å². The summed E-state index contributed by atoms with van der Waals surface area (Å²) in [5.41, 5.74) is 0.543. The zero-order valence-corrected chi connectivity index (χ0v) is 9.13. The molecule has 4 heteroatoms. The number of benzene rings is 1. The minimum absolute atomic E-state index is 0.335. The smallest absolute Gasteiger partial charge is 0.348 e. The van der Waals surface area contributed by atoms with Crippen molar-refractivity contribution in [2.75, 3.05) is 0 Å². The van der Waals surface area contributed by atoms with Crippen LogP contribution in [0.15, 0.2) is 28.7 Å². The molecule has 0 aliphatic rings. The van der Waals surface area contributed by atoms with E-state index in [1.54, 1.807) is 41.2 Å². The third-order valence-corrected chi connectivity index (χ3v) is 2.26. The van der Waals surface area contributed by atoms with Gasteiger partial charge in [-0.25, -0.2) is 4.79 Å². The second kappa shape index (κ2) is 4.06. The number of rotatable bonds is 1. The van der Waals surface area contributed by atoms with Crippen LogP contribution in [-0.4, -0.2) is 5.97 Å². The molecule has 0 saturated carbocycles. The quantitative estimate of drug-likeness (QED) is 0.742. The molecule has 0 saturated heterocycles. The van der Waals surface area contributed by atoms with Gasteiger partial charge in [0.1, 0.15) is 0 Å². The molecule has 1 aromatic carbocycles. The second-order valence-electron chi connectivity index (χ2n) is 1.84. The van der Waals surface area contributed by atoms with Crippen LogP contribution in [0, 0.1) is 0 Å². The molecule has 58 valence electrons. The van der Waals surface area contributed by atoms with Crippen LogP contribution < -0.4 is 0 Å². The summed E-state index contributed by atoms with van der Waals surface area (Å²) < 4.78 is 5.27. The van der Waals surface area contributed by atoms with Crippen molar-refractivity contribution < 1.29 is 7.86 Å². The normalized spacial score (nSPS) is 9.27. The minimum Gasteiger partial charge on any atom is -0.391 e. The monoisotopic (exact) mass is 326 g/mol. The van der Waals surface area contributed by atoms with Crippen molar-refractivity contribution in [3.63, 3.8) is 0 Å². The molecular formula is C7H4BrIO2. The van der Waals surface area contributed by atoms with Crippen molar-refractivity contribution in [1.82, 2.24) is 0 Å². The molecule has 0 aromatic heterocycles. The predicted molar refractivity (Wildman–Crippen MR) is 53.6 cm³/mol. The Morgan fingerprint density at radius 1 is 1.45 bits per heavy atom. The predicted octanol–water partition coefficient (Wildman–Crippen LogP) is 2.96. The fraction of sp³-hybridized carbons (Fsp3) is 0. The maximum Gasteiger partial charge on any atom is 0.348 e. The van der Waals surface area contributed by atoms with Crippen molar-refractivity contribution in [2.45, 2.75) is 0 Å². The molecule has 0 heterocycles. The highest BCUT2D eigenvalue weighted by molar-refractivity contribution is 14.1. The lowest BCUT2D eigenvalue weighted by Crippen LogP contribution is -1.97. The fourth-order valence-corrected chi connectivity index (χ4v) is 1.35. The van der Waals surface area contributed by atoms with E-state index >= 15 is 0 Å². The van der Waals surface area contributed by atoms with Gasteiger partial charge in [-0.3, -0.25) is 0 Å². The summed E-state index contributed by atoms with van der Waals surface area (Å²) in [6.45, 7) is 0. The zero-order chi connectivity index (χ0) is 8.27. The van der Waals surface area contributed by atoms with Crippen molar-refractivity contribution in [1.29, 1.82) is 0 Å². The lowest BCUT2D eigenvalue weighted by Gasteiger charge is -1.98. The topological polar surface area (TPSA) is 26.3 Å². The first-order valence-corrected chi connectivity index (χ1v) is 4.50. The lowest BCUT2D eigenvalue weighted by molar-refractivity contribution is 0.0799. The van der Waals surface area contributed by atoms with Gasteiger partial charge in [0.25, 0.3) is 0 Å². The summed E-state index contributed by atoms with van der Waals surface area (Å²) in [7, 11) is 0. The molecule has 0 fully saturated rings. The van der Waals surface area contributed by atoms with Gasteiger partial charge in [0, 0.05) is 4.47 Å². The van der Waals surface area contributed by atoms with Crippen LogP contribution in [0.3, 0.4) is 0 Å². The average Bonchev–Trinajstić information content (AvgIpc) is 2.04. The highest BCUT2D eigenvalue weighted by atomic mass is 127. The van der Waals surface area contributed by atoms with E-state index in [1.165, 1.54) is 0 Å². The molecule has 0 aliphatic heterocycles. The summed E-state index contributed by atoms with van der Waals surface area (Å²) in [5, 5.41) is 0. The number of hydrogen-bond acceptors (Lipinski definition) is 2. The molecular weight excluding hydrogens is 323 g/mol. The van der Waals surface area contributed by atoms with Crippen LogP contribution in [0.1, 0.15) is 10.4 Å². The maximum absolute atomic E-state index is 11.0. The average molecular weight is 327 g/mol. The van der Waals surface area contributed by atoms with E-state index < -0.39 is 0 Å².